The lowest BCUT2D eigenvalue weighted by Gasteiger charge is -2.36. The van der Waals surface area contributed by atoms with Crippen molar-refractivity contribution in [1.82, 2.24) is 14.9 Å². The van der Waals surface area contributed by atoms with Gasteiger partial charge in [-0.05, 0) is 18.2 Å². The van der Waals surface area contributed by atoms with Crippen molar-refractivity contribution in [2.24, 2.45) is 0 Å². The van der Waals surface area contributed by atoms with E-state index in [1.165, 1.54) is 18.5 Å². The Labute approximate surface area is 131 Å². The Hall–Kier alpha value is -1.93. The molecule has 0 amide bonds. The molecule has 0 bridgehead atoms. The van der Waals surface area contributed by atoms with E-state index in [1.807, 2.05) is 4.90 Å². The first kappa shape index (κ1) is 15.9. The van der Waals surface area contributed by atoms with Crippen molar-refractivity contribution >= 4 is 16.7 Å². The van der Waals surface area contributed by atoms with E-state index in [-0.39, 0.29) is 5.82 Å². The Kier molecular flexibility index (Phi) is 4.36. The van der Waals surface area contributed by atoms with E-state index >= 15 is 0 Å². The van der Waals surface area contributed by atoms with Gasteiger partial charge in [-0.25, -0.2) is 23.1 Å². The topological polar surface area (TPSA) is 52.5 Å². The van der Waals surface area contributed by atoms with Gasteiger partial charge in [-0.3, -0.25) is 4.90 Å². The minimum Gasteiger partial charge on any atom is -0.390 e. The van der Waals surface area contributed by atoms with Crippen LogP contribution in [0.3, 0.4) is 0 Å². The van der Waals surface area contributed by atoms with Gasteiger partial charge in [0.15, 0.2) is 0 Å². The van der Waals surface area contributed by atoms with Crippen molar-refractivity contribution in [3.63, 3.8) is 0 Å². The van der Waals surface area contributed by atoms with Crippen molar-refractivity contribution in [1.29, 1.82) is 0 Å². The van der Waals surface area contributed by atoms with Crippen molar-refractivity contribution in [3.05, 3.63) is 30.3 Å². The zero-order valence-corrected chi connectivity index (χ0v) is 12.4. The average Bonchev–Trinajstić information content (AvgIpc) is 2.55. The molecule has 5 nitrogen and oxygen atoms in total. The molecule has 3 rings (SSSR count). The first-order valence-electron chi connectivity index (χ1n) is 7.35. The summed E-state index contributed by atoms with van der Waals surface area (Å²) in [6, 6.07) is 4.32. The molecule has 23 heavy (non-hydrogen) atoms. The molecule has 0 unspecified atom stereocenters. The fraction of sp³-hybridized carbons (Fsp3) is 0.467. The molecule has 8 heteroatoms. The third-order valence-corrected chi connectivity index (χ3v) is 3.93. The molecule has 1 aliphatic rings. The van der Waals surface area contributed by atoms with Gasteiger partial charge in [-0.15, -0.1) is 0 Å². The molecule has 0 saturated carbocycles. The number of aliphatic hydroxyl groups excluding tert-OH is 1. The fourth-order valence-corrected chi connectivity index (χ4v) is 2.76. The zero-order valence-electron chi connectivity index (χ0n) is 12.4. The fourth-order valence-electron chi connectivity index (χ4n) is 2.76. The van der Waals surface area contributed by atoms with Crippen molar-refractivity contribution in [2.75, 3.05) is 44.2 Å². The third-order valence-electron chi connectivity index (χ3n) is 3.93. The maximum atomic E-state index is 13.5. The van der Waals surface area contributed by atoms with Crippen LogP contribution in [0.4, 0.5) is 19.0 Å². The summed E-state index contributed by atoms with van der Waals surface area (Å²) in [6.07, 6.45) is 1.42. The van der Waals surface area contributed by atoms with Crippen LogP contribution in [0.2, 0.25) is 0 Å². The average molecular weight is 326 g/mol. The van der Waals surface area contributed by atoms with Crippen LogP contribution in [0.25, 0.3) is 10.9 Å². The van der Waals surface area contributed by atoms with Crippen LogP contribution < -0.4 is 4.90 Å². The molecule has 1 aliphatic heterocycles. The van der Waals surface area contributed by atoms with Gasteiger partial charge in [-0.2, -0.15) is 0 Å². The van der Waals surface area contributed by atoms with E-state index in [9.17, 15) is 13.2 Å². The molecule has 1 fully saturated rings. The van der Waals surface area contributed by atoms with E-state index in [2.05, 4.69) is 9.97 Å². The second kappa shape index (κ2) is 6.29. The summed E-state index contributed by atoms with van der Waals surface area (Å²) in [4.78, 5) is 11.9. The zero-order chi connectivity index (χ0) is 16.4. The third kappa shape index (κ3) is 3.53. The number of nitrogens with zero attached hydrogens (tertiary/aromatic N) is 4. The quantitative estimate of drug-likeness (QED) is 0.923. The number of hydrogen-bond donors (Lipinski definition) is 1. The number of hydrogen-bond acceptors (Lipinski definition) is 5. The van der Waals surface area contributed by atoms with Crippen LogP contribution in [-0.4, -0.2) is 65.2 Å². The van der Waals surface area contributed by atoms with Crippen LogP contribution >= 0.6 is 0 Å². The monoisotopic (exact) mass is 326 g/mol. The van der Waals surface area contributed by atoms with E-state index in [1.54, 1.807) is 11.0 Å². The molecule has 0 spiro atoms. The molecule has 0 aliphatic carbocycles. The number of aromatic nitrogens is 2. The second-order valence-corrected chi connectivity index (χ2v) is 5.64. The summed E-state index contributed by atoms with van der Waals surface area (Å²) >= 11 is 0. The van der Waals surface area contributed by atoms with Crippen LogP contribution in [0.15, 0.2) is 24.5 Å². The molecule has 0 atom stereocenters. The van der Waals surface area contributed by atoms with Gasteiger partial charge in [0.25, 0.3) is 5.92 Å². The van der Waals surface area contributed by atoms with Gasteiger partial charge in [0.1, 0.15) is 24.6 Å². The highest BCUT2D eigenvalue weighted by Crippen LogP contribution is 2.25. The molecule has 1 aromatic carbocycles. The SMILES string of the molecule is OCC(F)(F)CN1CCN(c2ncnc3ccc(F)cc23)CC1. The Balaban J connectivity index is 1.74. The molecule has 1 N–H and O–H groups in total. The number of rotatable bonds is 4. The minimum absolute atomic E-state index is 0.366. The van der Waals surface area contributed by atoms with Gasteiger partial charge < -0.3 is 10.0 Å². The number of aliphatic hydroxyl groups is 1. The number of halogens is 3. The first-order valence-corrected chi connectivity index (χ1v) is 7.35. The molecule has 124 valence electrons. The van der Waals surface area contributed by atoms with Crippen LogP contribution in [-0.2, 0) is 0 Å². The predicted octanol–water partition coefficient (Wildman–Crippen LogP) is 1.52. The van der Waals surface area contributed by atoms with Gasteiger partial charge in [0.05, 0.1) is 12.1 Å². The second-order valence-electron chi connectivity index (χ2n) is 5.64. The summed E-state index contributed by atoms with van der Waals surface area (Å²) in [5.41, 5.74) is 0.644. The highest BCUT2D eigenvalue weighted by Gasteiger charge is 2.32. The number of alkyl halides is 2. The lowest BCUT2D eigenvalue weighted by molar-refractivity contribution is -0.0733. The lowest BCUT2D eigenvalue weighted by atomic mass is 10.2. The van der Waals surface area contributed by atoms with Crippen LogP contribution in [0.5, 0.6) is 0 Å². The summed E-state index contributed by atoms with van der Waals surface area (Å²) in [5.74, 6) is -2.84. The Morgan fingerprint density at radius 3 is 2.57 bits per heavy atom. The van der Waals surface area contributed by atoms with Gasteiger partial charge in [0, 0.05) is 31.6 Å². The van der Waals surface area contributed by atoms with Crippen molar-refractivity contribution < 1.29 is 18.3 Å². The summed E-state index contributed by atoms with van der Waals surface area (Å²) in [5, 5.41) is 9.27. The molecular weight excluding hydrogens is 309 g/mol. The maximum Gasteiger partial charge on any atom is 0.283 e. The minimum atomic E-state index is -3.09. The van der Waals surface area contributed by atoms with Crippen molar-refractivity contribution in [3.8, 4) is 0 Å². The Bertz CT molecular complexity index is 689. The highest BCUT2D eigenvalue weighted by atomic mass is 19.3. The van der Waals surface area contributed by atoms with Gasteiger partial charge in [-0.1, -0.05) is 0 Å². The van der Waals surface area contributed by atoms with E-state index in [0.29, 0.717) is 42.9 Å². The Morgan fingerprint density at radius 2 is 1.87 bits per heavy atom. The molecule has 2 aromatic rings. The van der Waals surface area contributed by atoms with E-state index in [0.717, 1.165) is 0 Å². The molecule has 2 heterocycles. The van der Waals surface area contributed by atoms with Crippen LogP contribution in [0, 0.1) is 5.82 Å². The first-order chi connectivity index (χ1) is 11.0. The number of fused-ring (bicyclic) bond motifs is 1. The molecular formula is C15H17F3N4O. The largest absolute Gasteiger partial charge is 0.390 e. The van der Waals surface area contributed by atoms with Gasteiger partial charge >= 0.3 is 0 Å². The van der Waals surface area contributed by atoms with Crippen LogP contribution in [0.1, 0.15) is 0 Å². The highest BCUT2D eigenvalue weighted by molar-refractivity contribution is 5.89. The van der Waals surface area contributed by atoms with Gasteiger partial charge in [0.2, 0.25) is 0 Å². The summed E-state index contributed by atoms with van der Waals surface area (Å²) in [7, 11) is 0. The summed E-state index contributed by atoms with van der Waals surface area (Å²) < 4.78 is 40.0. The molecule has 1 saturated heterocycles. The summed E-state index contributed by atoms with van der Waals surface area (Å²) in [6.45, 7) is 0.251. The lowest BCUT2D eigenvalue weighted by Crippen LogP contribution is -2.50. The number of anilines is 1. The number of benzene rings is 1. The molecule has 1 aromatic heterocycles. The smallest absolute Gasteiger partial charge is 0.283 e. The standard InChI is InChI=1S/C15H17F3N4O/c16-11-1-2-13-12(7-11)14(20-10-19-13)22-5-3-21(4-6-22)8-15(17,18)9-23/h1-2,7,10,23H,3-6,8-9H2. The predicted molar refractivity (Wildman–Crippen MR) is 80.2 cm³/mol. The normalized spacial score (nSPS) is 17.0. The maximum absolute atomic E-state index is 13.5. The number of piperazine rings is 1. The van der Waals surface area contributed by atoms with Crippen molar-refractivity contribution in [2.45, 2.75) is 5.92 Å². The van der Waals surface area contributed by atoms with E-state index < -0.39 is 19.1 Å². The van der Waals surface area contributed by atoms with E-state index in [4.69, 9.17) is 5.11 Å². The Morgan fingerprint density at radius 1 is 1.13 bits per heavy atom. The molecule has 0 radical (unpaired) electrons.